The van der Waals surface area contributed by atoms with Gasteiger partial charge in [-0.15, -0.1) is 19.0 Å². The van der Waals surface area contributed by atoms with E-state index < -0.39 is 17.7 Å². The van der Waals surface area contributed by atoms with Crippen LogP contribution in [0.5, 0.6) is 0 Å². The van der Waals surface area contributed by atoms with Gasteiger partial charge in [0.1, 0.15) is 11.6 Å². The van der Waals surface area contributed by atoms with Gasteiger partial charge in [0.05, 0.1) is 0 Å². The number of halogens is 3. The lowest BCUT2D eigenvalue weighted by atomic mass is 10.1. The molecule has 4 heteroatoms. The largest absolute Gasteiger partial charge is 0.321 e. The van der Waals surface area contributed by atoms with E-state index in [1.165, 1.54) is 18.2 Å². The van der Waals surface area contributed by atoms with Crippen molar-refractivity contribution in [3.05, 3.63) is 48.1 Å². The second-order valence-electron chi connectivity index (χ2n) is 2.46. The first-order valence-electron chi connectivity index (χ1n) is 3.47. The van der Waals surface area contributed by atoms with E-state index in [0.29, 0.717) is 5.56 Å². The van der Waals surface area contributed by atoms with Crippen LogP contribution in [0.25, 0.3) is 0 Å². The van der Waals surface area contributed by atoms with Crippen LogP contribution in [0.1, 0.15) is 11.6 Å². The number of rotatable bonds is 2. The van der Waals surface area contributed by atoms with Crippen molar-refractivity contribution in [3.63, 3.8) is 0 Å². The zero-order valence-electron chi connectivity index (χ0n) is 6.84. The summed E-state index contributed by atoms with van der Waals surface area (Å²) in [4.78, 5) is 0. The summed E-state index contributed by atoms with van der Waals surface area (Å²) >= 11 is 0. The molecular formula is C9H10ClF2N. The van der Waals surface area contributed by atoms with Crippen LogP contribution in [-0.2, 0) is 0 Å². The van der Waals surface area contributed by atoms with Crippen LogP contribution < -0.4 is 5.73 Å². The molecule has 0 bridgehead atoms. The zero-order chi connectivity index (χ0) is 9.14. The summed E-state index contributed by atoms with van der Waals surface area (Å²) in [5, 5.41) is 0. The molecule has 0 fully saturated rings. The molecule has 1 nitrogen and oxygen atoms in total. The Morgan fingerprint density at radius 1 is 1.23 bits per heavy atom. The lowest BCUT2D eigenvalue weighted by Gasteiger charge is -2.05. The third-order valence-corrected chi connectivity index (χ3v) is 1.52. The summed E-state index contributed by atoms with van der Waals surface area (Å²) in [6, 6.07) is 2.67. The molecule has 0 radical (unpaired) electrons. The number of hydrogen-bond donors (Lipinski definition) is 1. The maximum absolute atomic E-state index is 12.6. The van der Waals surface area contributed by atoms with E-state index in [0.717, 1.165) is 6.07 Å². The third kappa shape index (κ3) is 3.13. The average Bonchev–Trinajstić information content (AvgIpc) is 2.01. The predicted molar refractivity (Wildman–Crippen MR) is 50.7 cm³/mol. The van der Waals surface area contributed by atoms with Gasteiger partial charge in [-0.3, -0.25) is 0 Å². The Hall–Kier alpha value is -0.930. The highest BCUT2D eigenvalue weighted by atomic mass is 35.5. The monoisotopic (exact) mass is 205 g/mol. The quantitative estimate of drug-likeness (QED) is 0.738. The Balaban J connectivity index is 0.00000144. The van der Waals surface area contributed by atoms with Crippen LogP contribution in [0.15, 0.2) is 30.9 Å². The van der Waals surface area contributed by atoms with Crippen LogP contribution in [-0.4, -0.2) is 0 Å². The Kier molecular flexibility index (Phi) is 4.59. The van der Waals surface area contributed by atoms with Crippen molar-refractivity contribution in [1.82, 2.24) is 0 Å². The van der Waals surface area contributed by atoms with E-state index in [1.807, 2.05) is 0 Å². The van der Waals surface area contributed by atoms with E-state index in [9.17, 15) is 8.78 Å². The molecule has 1 atom stereocenters. The molecule has 0 aliphatic carbocycles. The molecule has 0 spiro atoms. The summed E-state index contributed by atoms with van der Waals surface area (Å²) in [6.07, 6.45) is 1.42. The standard InChI is InChI=1S/C9H9F2N.ClH/c1-2-9(12)6-3-7(10)5-8(11)4-6;/h2-5,9H,1,12H2;1H/t9-;/m0./s1. The van der Waals surface area contributed by atoms with Crippen molar-refractivity contribution >= 4 is 12.4 Å². The van der Waals surface area contributed by atoms with Crippen molar-refractivity contribution in [2.75, 3.05) is 0 Å². The van der Waals surface area contributed by atoms with Crippen LogP contribution in [0.3, 0.4) is 0 Å². The van der Waals surface area contributed by atoms with Gasteiger partial charge in [-0.1, -0.05) is 6.08 Å². The van der Waals surface area contributed by atoms with Gasteiger partial charge in [-0.05, 0) is 17.7 Å². The lowest BCUT2D eigenvalue weighted by Crippen LogP contribution is -2.07. The fourth-order valence-corrected chi connectivity index (χ4v) is 0.904. The summed E-state index contributed by atoms with van der Waals surface area (Å²) in [6.45, 7) is 3.43. The highest BCUT2D eigenvalue weighted by Gasteiger charge is 2.04. The minimum atomic E-state index is -0.623. The molecule has 1 aromatic rings. The van der Waals surface area contributed by atoms with E-state index >= 15 is 0 Å². The van der Waals surface area contributed by atoms with Gasteiger partial charge in [-0.25, -0.2) is 8.78 Å². The minimum Gasteiger partial charge on any atom is -0.321 e. The molecule has 0 heterocycles. The predicted octanol–water partition coefficient (Wildman–Crippen LogP) is 2.57. The van der Waals surface area contributed by atoms with Gasteiger partial charge < -0.3 is 5.73 Å². The molecule has 1 aromatic carbocycles. The SMILES string of the molecule is C=C[C@H](N)c1cc(F)cc(F)c1.Cl. The van der Waals surface area contributed by atoms with Gasteiger partial charge in [0.25, 0.3) is 0 Å². The first-order chi connectivity index (χ1) is 5.63. The molecule has 0 aromatic heterocycles. The second-order valence-corrected chi connectivity index (χ2v) is 2.46. The number of benzene rings is 1. The molecule has 0 aliphatic rings. The zero-order valence-corrected chi connectivity index (χ0v) is 7.65. The first-order valence-corrected chi connectivity index (χ1v) is 3.47. The summed E-state index contributed by atoms with van der Waals surface area (Å²) in [7, 11) is 0. The number of nitrogens with two attached hydrogens (primary N) is 1. The summed E-state index contributed by atoms with van der Waals surface area (Å²) in [5.41, 5.74) is 5.87. The first kappa shape index (κ1) is 12.1. The Bertz CT molecular complexity index is 281. The van der Waals surface area contributed by atoms with Gasteiger partial charge in [0.15, 0.2) is 0 Å². The highest BCUT2D eigenvalue weighted by molar-refractivity contribution is 5.85. The molecular weight excluding hydrogens is 196 g/mol. The Morgan fingerprint density at radius 2 is 1.69 bits per heavy atom. The lowest BCUT2D eigenvalue weighted by molar-refractivity contribution is 0.578. The molecule has 2 N–H and O–H groups in total. The maximum Gasteiger partial charge on any atom is 0.126 e. The van der Waals surface area contributed by atoms with E-state index in [-0.39, 0.29) is 12.4 Å². The van der Waals surface area contributed by atoms with Gasteiger partial charge in [-0.2, -0.15) is 0 Å². The fraction of sp³-hybridized carbons (Fsp3) is 0.111. The van der Waals surface area contributed by atoms with Crippen LogP contribution in [0, 0.1) is 11.6 Å². The summed E-state index contributed by atoms with van der Waals surface area (Å²) in [5.74, 6) is -1.25. The van der Waals surface area contributed by atoms with Gasteiger partial charge in [0, 0.05) is 12.1 Å². The highest BCUT2D eigenvalue weighted by Crippen LogP contribution is 2.14. The third-order valence-electron chi connectivity index (χ3n) is 1.52. The van der Waals surface area contributed by atoms with Gasteiger partial charge in [0.2, 0.25) is 0 Å². The number of hydrogen-bond acceptors (Lipinski definition) is 1. The van der Waals surface area contributed by atoms with Crippen molar-refractivity contribution < 1.29 is 8.78 Å². The van der Waals surface area contributed by atoms with Crippen LogP contribution >= 0.6 is 12.4 Å². The molecule has 0 saturated carbocycles. The van der Waals surface area contributed by atoms with E-state index in [1.54, 1.807) is 0 Å². The average molecular weight is 206 g/mol. The van der Waals surface area contributed by atoms with Crippen molar-refractivity contribution in [1.29, 1.82) is 0 Å². The van der Waals surface area contributed by atoms with Crippen molar-refractivity contribution in [3.8, 4) is 0 Å². The van der Waals surface area contributed by atoms with Crippen molar-refractivity contribution in [2.24, 2.45) is 5.73 Å². The van der Waals surface area contributed by atoms with E-state index in [2.05, 4.69) is 6.58 Å². The normalized spacial score (nSPS) is 11.6. The molecule has 1 rings (SSSR count). The van der Waals surface area contributed by atoms with E-state index in [4.69, 9.17) is 5.73 Å². The molecule has 0 saturated heterocycles. The molecule has 0 amide bonds. The van der Waals surface area contributed by atoms with Crippen LogP contribution in [0.2, 0.25) is 0 Å². The second kappa shape index (κ2) is 4.94. The minimum absolute atomic E-state index is 0. The smallest absolute Gasteiger partial charge is 0.126 e. The maximum atomic E-state index is 12.6. The molecule has 72 valence electrons. The van der Waals surface area contributed by atoms with Crippen molar-refractivity contribution in [2.45, 2.75) is 6.04 Å². The Morgan fingerprint density at radius 3 is 2.08 bits per heavy atom. The fourth-order valence-electron chi connectivity index (χ4n) is 0.904. The molecule has 13 heavy (non-hydrogen) atoms. The van der Waals surface area contributed by atoms with Gasteiger partial charge >= 0.3 is 0 Å². The summed E-state index contributed by atoms with van der Waals surface area (Å²) < 4.78 is 25.2. The topological polar surface area (TPSA) is 26.0 Å². The Labute approximate surface area is 81.7 Å². The van der Waals surface area contributed by atoms with Crippen LogP contribution in [0.4, 0.5) is 8.78 Å². The molecule has 0 unspecified atom stereocenters. The molecule has 0 aliphatic heterocycles.